The van der Waals surface area contributed by atoms with Crippen molar-refractivity contribution in [2.45, 2.75) is 12.7 Å². The van der Waals surface area contributed by atoms with Gasteiger partial charge >= 0.3 is 0 Å². The second-order valence-electron chi connectivity index (χ2n) is 2.53. The fourth-order valence-corrected chi connectivity index (χ4v) is 1.52. The predicted molar refractivity (Wildman–Crippen MR) is 48.8 cm³/mol. The smallest absolute Gasteiger partial charge is 0.0438 e. The highest BCUT2D eigenvalue weighted by molar-refractivity contribution is 7.78. The molecule has 2 nitrogen and oxygen atoms in total. The molecule has 0 spiro atoms. The summed E-state index contributed by atoms with van der Waals surface area (Å²) in [6.07, 6.45) is 0. The van der Waals surface area contributed by atoms with Crippen molar-refractivity contribution in [1.29, 1.82) is 0 Å². The molecule has 0 fully saturated rings. The average Bonchev–Trinajstić information content (AvgIpc) is 1.96. The molecule has 0 saturated heterocycles. The van der Waals surface area contributed by atoms with Crippen LogP contribution in [-0.2, 0) is 16.8 Å². The van der Waals surface area contributed by atoms with Gasteiger partial charge in [0.25, 0.3) is 0 Å². The van der Waals surface area contributed by atoms with E-state index in [2.05, 4.69) is 0 Å². The van der Waals surface area contributed by atoms with Crippen molar-refractivity contribution in [3.63, 3.8) is 0 Å². The zero-order valence-corrected chi connectivity index (χ0v) is 8.11. The van der Waals surface area contributed by atoms with E-state index in [-0.39, 0.29) is 5.75 Å². The lowest BCUT2D eigenvalue weighted by molar-refractivity contribution is 0.536. The number of hydrogen-bond acceptors (Lipinski definition) is 2. The van der Waals surface area contributed by atoms with Crippen LogP contribution in [0.4, 0.5) is 0 Å². The summed E-state index contributed by atoms with van der Waals surface area (Å²) in [5.74, 6) is 0.0278. The Morgan fingerprint density at radius 3 is 2.75 bits per heavy atom. The first-order chi connectivity index (χ1) is 5.59. The van der Waals surface area contributed by atoms with Crippen molar-refractivity contribution < 1.29 is 8.76 Å². The molecular formula is C8H8ClO2S-. The maximum absolute atomic E-state index is 10.3. The fourth-order valence-electron chi connectivity index (χ4n) is 0.862. The van der Waals surface area contributed by atoms with Crippen molar-refractivity contribution >= 4 is 22.7 Å². The third-order valence-corrected chi connectivity index (χ3v) is 2.50. The van der Waals surface area contributed by atoms with Gasteiger partial charge < -0.3 is 4.55 Å². The van der Waals surface area contributed by atoms with Gasteiger partial charge in [-0.15, -0.1) is 0 Å². The number of halogens is 1. The van der Waals surface area contributed by atoms with Crippen LogP contribution in [0.2, 0.25) is 5.02 Å². The normalized spacial score (nSPS) is 12.9. The molecule has 1 aromatic carbocycles. The van der Waals surface area contributed by atoms with Gasteiger partial charge in [-0.1, -0.05) is 34.8 Å². The molecule has 1 unspecified atom stereocenters. The van der Waals surface area contributed by atoms with Gasteiger partial charge in [-0.25, -0.2) is 0 Å². The summed E-state index contributed by atoms with van der Waals surface area (Å²) < 4.78 is 20.6. The number of rotatable bonds is 2. The molecule has 0 aliphatic rings. The molecule has 12 heavy (non-hydrogen) atoms. The van der Waals surface area contributed by atoms with Gasteiger partial charge in [-0.3, -0.25) is 4.21 Å². The molecule has 0 heterocycles. The number of aryl methyl sites for hydroxylation is 1. The first-order valence-corrected chi connectivity index (χ1v) is 5.02. The maximum Gasteiger partial charge on any atom is 0.0438 e. The average molecular weight is 204 g/mol. The molecule has 1 aromatic rings. The minimum absolute atomic E-state index is 0.0278. The molecule has 4 heteroatoms. The SMILES string of the molecule is Cc1ccc(CS(=O)[O-])cc1Cl. The van der Waals surface area contributed by atoms with Gasteiger partial charge in [-0.05, 0) is 24.1 Å². The van der Waals surface area contributed by atoms with E-state index < -0.39 is 11.1 Å². The van der Waals surface area contributed by atoms with Gasteiger partial charge in [0.05, 0.1) is 0 Å². The summed E-state index contributed by atoms with van der Waals surface area (Å²) in [4.78, 5) is 0. The van der Waals surface area contributed by atoms with Crippen LogP contribution in [0.3, 0.4) is 0 Å². The second-order valence-corrected chi connectivity index (χ2v) is 3.83. The Kier molecular flexibility index (Phi) is 3.26. The summed E-state index contributed by atoms with van der Waals surface area (Å²) >= 11 is 3.76. The Labute approximate surface area is 78.8 Å². The summed E-state index contributed by atoms with van der Waals surface area (Å²) in [6.45, 7) is 1.88. The summed E-state index contributed by atoms with van der Waals surface area (Å²) in [5.41, 5.74) is 1.68. The Bertz CT molecular complexity index is 312. The molecular weight excluding hydrogens is 196 g/mol. The van der Waals surface area contributed by atoms with Crippen LogP contribution < -0.4 is 0 Å². The zero-order valence-electron chi connectivity index (χ0n) is 6.54. The van der Waals surface area contributed by atoms with Gasteiger partial charge in [0.1, 0.15) is 0 Å². The molecule has 0 aliphatic carbocycles. The van der Waals surface area contributed by atoms with Crippen molar-refractivity contribution in [2.75, 3.05) is 0 Å². The van der Waals surface area contributed by atoms with Crippen LogP contribution in [0.5, 0.6) is 0 Å². The molecule has 0 aromatic heterocycles. The van der Waals surface area contributed by atoms with Gasteiger partial charge in [0.2, 0.25) is 0 Å². The highest BCUT2D eigenvalue weighted by atomic mass is 35.5. The largest absolute Gasteiger partial charge is 0.772 e. The van der Waals surface area contributed by atoms with Crippen molar-refractivity contribution in [1.82, 2.24) is 0 Å². The van der Waals surface area contributed by atoms with E-state index in [0.717, 1.165) is 11.1 Å². The topological polar surface area (TPSA) is 40.1 Å². The minimum atomic E-state index is -2.04. The molecule has 0 aliphatic heterocycles. The minimum Gasteiger partial charge on any atom is -0.772 e. The van der Waals surface area contributed by atoms with E-state index >= 15 is 0 Å². The summed E-state index contributed by atoms with van der Waals surface area (Å²) in [6, 6.07) is 5.24. The van der Waals surface area contributed by atoms with E-state index in [4.69, 9.17) is 11.6 Å². The van der Waals surface area contributed by atoms with E-state index in [0.29, 0.717) is 5.02 Å². The molecule has 0 radical (unpaired) electrons. The van der Waals surface area contributed by atoms with Gasteiger partial charge in [0.15, 0.2) is 0 Å². The third-order valence-electron chi connectivity index (χ3n) is 1.52. The zero-order chi connectivity index (χ0) is 9.14. The van der Waals surface area contributed by atoms with Crippen LogP contribution in [0, 0.1) is 6.92 Å². The monoisotopic (exact) mass is 203 g/mol. The Hall–Kier alpha value is -0.380. The number of hydrogen-bond donors (Lipinski definition) is 0. The Balaban J connectivity index is 2.89. The lowest BCUT2D eigenvalue weighted by Crippen LogP contribution is -1.93. The predicted octanol–water partition coefficient (Wildman–Crippen LogP) is 2.03. The molecule has 1 rings (SSSR count). The lowest BCUT2D eigenvalue weighted by Gasteiger charge is -2.05. The van der Waals surface area contributed by atoms with Gasteiger partial charge in [-0.2, -0.15) is 0 Å². The van der Waals surface area contributed by atoms with Crippen molar-refractivity contribution in [3.05, 3.63) is 34.3 Å². The quantitative estimate of drug-likeness (QED) is 0.690. The van der Waals surface area contributed by atoms with Crippen LogP contribution in [0.25, 0.3) is 0 Å². The molecule has 1 atom stereocenters. The van der Waals surface area contributed by atoms with Crippen LogP contribution >= 0.6 is 11.6 Å². The Morgan fingerprint density at radius 2 is 2.25 bits per heavy atom. The number of benzene rings is 1. The van der Waals surface area contributed by atoms with E-state index in [1.165, 1.54) is 0 Å². The Morgan fingerprint density at radius 1 is 1.58 bits per heavy atom. The lowest BCUT2D eigenvalue weighted by atomic mass is 10.2. The molecule has 0 N–H and O–H groups in total. The highest BCUT2D eigenvalue weighted by Gasteiger charge is 1.97. The standard InChI is InChI=1S/C8H9ClO2S/c1-6-2-3-7(4-8(6)9)5-12(10)11/h2-4H,5H2,1H3,(H,10,11)/p-1. The van der Waals surface area contributed by atoms with Crippen LogP contribution in [0.1, 0.15) is 11.1 Å². The van der Waals surface area contributed by atoms with E-state index in [9.17, 15) is 8.76 Å². The highest BCUT2D eigenvalue weighted by Crippen LogP contribution is 2.17. The van der Waals surface area contributed by atoms with Crippen molar-refractivity contribution in [3.8, 4) is 0 Å². The first kappa shape index (κ1) is 9.71. The summed E-state index contributed by atoms with van der Waals surface area (Å²) in [7, 11) is 0. The molecule has 0 saturated carbocycles. The molecule has 0 bridgehead atoms. The fraction of sp³-hybridized carbons (Fsp3) is 0.250. The molecule has 0 amide bonds. The van der Waals surface area contributed by atoms with Crippen LogP contribution in [-0.4, -0.2) is 8.76 Å². The second kappa shape index (κ2) is 4.03. The van der Waals surface area contributed by atoms with E-state index in [1.54, 1.807) is 12.1 Å². The summed E-state index contributed by atoms with van der Waals surface area (Å²) in [5, 5.41) is 0.609. The van der Waals surface area contributed by atoms with Gasteiger partial charge in [0, 0.05) is 10.8 Å². The van der Waals surface area contributed by atoms with Crippen molar-refractivity contribution in [2.24, 2.45) is 0 Å². The van der Waals surface area contributed by atoms with E-state index in [1.807, 2.05) is 13.0 Å². The first-order valence-electron chi connectivity index (χ1n) is 3.40. The molecule has 66 valence electrons. The third kappa shape index (κ3) is 2.59. The maximum atomic E-state index is 10.3. The van der Waals surface area contributed by atoms with Crippen LogP contribution in [0.15, 0.2) is 18.2 Å².